The monoisotopic (exact) mass is 319 g/mol. The second-order valence-corrected chi connectivity index (χ2v) is 5.97. The van der Waals surface area contributed by atoms with Gasteiger partial charge in [-0.15, -0.1) is 0 Å². The van der Waals surface area contributed by atoms with Gasteiger partial charge in [0.1, 0.15) is 0 Å². The lowest BCUT2D eigenvalue weighted by atomic mass is 9.93. The van der Waals surface area contributed by atoms with Gasteiger partial charge in [-0.2, -0.15) is 5.10 Å². The van der Waals surface area contributed by atoms with Crippen molar-refractivity contribution in [3.63, 3.8) is 0 Å². The first-order chi connectivity index (χ1) is 9.24. The first-order valence-corrected chi connectivity index (χ1v) is 7.21. The Morgan fingerprint density at radius 1 is 1.42 bits per heavy atom. The van der Waals surface area contributed by atoms with Crippen LogP contribution in [0.15, 0.2) is 28.9 Å². The molecule has 19 heavy (non-hydrogen) atoms. The van der Waals surface area contributed by atoms with Gasteiger partial charge in [0, 0.05) is 41.1 Å². The van der Waals surface area contributed by atoms with Crippen LogP contribution in [0.25, 0.3) is 11.3 Å². The summed E-state index contributed by atoms with van der Waals surface area (Å²) in [5.74, 6) is 0. The van der Waals surface area contributed by atoms with Crippen LogP contribution in [-0.4, -0.2) is 29.5 Å². The number of aryl methyl sites for hydroxylation is 1. The molecule has 0 N–H and O–H groups in total. The molecule has 0 amide bonds. The summed E-state index contributed by atoms with van der Waals surface area (Å²) >= 11 is 3.57. The number of hydrogen-bond donors (Lipinski definition) is 0. The van der Waals surface area contributed by atoms with Crippen molar-refractivity contribution < 1.29 is 4.74 Å². The van der Waals surface area contributed by atoms with E-state index in [2.05, 4.69) is 50.3 Å². The molecule has 1 atom stereocenters. The van der Waals surface area contributed by atoms with Crippen molar-refractivity contribution in [3.8, 4) is 11.3 Å². The zero-order valence-corrected chi connectivity index (χ0v) is 12.2. The van der Waals surface area contributed by atoms with Gasteiger partial charge in [0.25, 0.3) is 0 Å². The van der Waals surface area contributed by atoms with E-state index in [-0.39, 0.29) is 0 Å². The average Bonchev–Trinajstić information content (AvgIpc) is 2.81. The Morgan fingerprint density at radius 3 is 3.21 bits per heavy atom. The highest BCUT2D eigenvalue weighted by atomic mass is 79.9. The first kappa shape index (κ1) is 11.5. The molecule has 0 bridgehead atoms. The number of halogens is 1. The maximum Gasteiger partial charge on any atom is 0.0997 e. The smallest absolute Gasteiger partial charge is 0.0997 e. The SMILES string of the molecule is Cn1cc2c(n1)-c1ccc(Br)cc1N1CCOCC21. The predicted molar refractivity (Wildman–Crippen MR) is 77.3 cm³/mol. The number of morpholine rings is 1. The normalized spacial score (nSPS) is 20.7. The van der Waals surface area contributed by atoms with Crippen molar-refractivity contribution in [2.45, 2.75) is 6.04 Å². The van der Waals surface area contributed by atoms with E-state index in [0.717, 1.165) is 29.9 Å². The fourth-order valence-electron chi connectivity index (χ4n) is 3.05. The molecule has 0 radical (unpaired) electrons. The maximum absolute atomic E-state index is 5.66. The highest BCUT2D eigenvalue weighted by Crippen LogP contribution is 2.45. The van der Waals surface area contributed by atoms with Gasteiger partial charge in [-0.3, -0.25) is 4.68 Å². The topological polar surface area (TPSA) is 30.3 Å². The van der Waals surface area contributed by atoms with Crippen LogP contribution in [0.5, 0.6) is 0 Å². The largest absolute Gasteiger partial charge is 0.377 e. The Hall–Kier alpha value is -1.33. The fourth-order valence-corrected chi connectivity index (χ4v) is 3.40. The zero-order chi connectivity index (χ0) is 13.0. The summed E-state index contributed by atoms with van der Waals surface area (Å²) in [7, 11) is 1.98. The molecule has 0 spiro atoms. The van der Waals surface area contributed by atoms with E-state index in [4.69, 9.17) is 4.74 Å². The maximum atomic E-state index is 5.66. The molecular weight excluding hydrogens is 306 g/mol. The molecule has 1 aromatic heterocycles. The Bertz CT molecular complexity index is 652. The molecule has 0 aliphatic carbocycles. The Kier molecular flexibility index (Phi) is 2.47. The van der Waals surface area contributed by atoms with Crippen LogP contribution in [0.2, 0.25) is 0 Å². The quantitative estimate of drug-likeness (QED) is 0.748. The van der Waals surface area contributed by atoms with E-state index in [1.165, 1.54) is 16.8 Å². The molecule has 1 aromatic carbocycles. The first-order valence-electron chi connectivity index (χ1n) is 6.42. The number of benzene rings is 1. The van der Waals surface area contributed by atoms with Crippen LogP contribution in [0.3, 0.4) is 0 Å². The number of nitrogens with zero attached hydrogens (tertiary/aromatic N) is 3. The predicted octanol–water partition coefficient (Wildman–Crippen LogP) is 2.74. The third kappa shape index (κ3) is 1.65. The molecule has 0 saturated carbocycles. The minimum absolute atomic E-state index is 0.291. The fraction of sp³-hybridized carbons (Fsp3) is 0.357. The average molecular weight is 320 g/mol. The molecule has 98 valence electrons. The summed E-state index contributed by atoms with van der Waals surface area (Å²) in [6.07, 6.45) is 2.12. The Labute approximate surface area is 120 Å². The molecule has 5 heteroatoms. The van der Waals surface area contributed by atoms with E-state index in [9.17, 15) is 0 Å². The molecule has 2 aromatic rings. The number of anilines is 1. The molecular formula is C14H14BrN3O. The van der Waals surface area contributed by atoms with Crippen molar-refractivity contribution >= 4 is 21.6 Å². The second kappa shape index (κ2) is 4.08. The summed E-state index contributed by atoms with van der Waals surface area (Å²) in [6.45, 7) is 2.46. The minimum atomic E-state index is 0.291. The lowest BCUT2D eigenvalue weighted by Crippen LogP contribution is -2.41. The summed E-state index contributed by atoms with van der Waals surface area (Å²) in [4.78, 5) is 2.44. The van der Waals surface area contributed by atoms with E-state index in [1.807, 2.05) is 11.7 Å². The lowest BCUT2D eigenvalue weighted by molar-refractivity contribution is 0.0938. The molecule has 3 heterocycles. The highest BCUT2D eigenvalue weighted by Gasteiger charge is 2.35. The highest BCUT2D eigenvalue weighted by molar-refractivity contribution is 9.10. The van der Waals surface area contributed by atoms with Gasteiger partial charge in [-0.1, -0.05) is 15.9 Å². The van der Waals surface area contributed by atoms with E-state index < -0.39 is 0 Å². The van der Waals surface area contributed by atoms with Crippen LogP contribution in [0.1, 0.15) is 11.6 Å². The van der Waals surface area contributed by atoms with Crippen molar-refractivity contribution in [3.05, 3.63) is 34.4 Å². The standard InChI is InChI=1S/C14H14BrN3O/c1-17-7-11-13-8-19-5-4-18(13)12-6-9(15)2-3-10(12)14(11)16-17/h2-3,6-7,13H,4-5,8H2,1H3. The summed E-state index contributed by atoms with van der Waals surface area (Å²) in [5, 5.41) is 4.63. The van der Waals surface area contributed by atoms with Gasteiger partial charge in [0.15, 0.2) is 0 Å². The molecule has 4 nitrogen and oxygen atoms in total. The van der Waals surface area contributed by atoms with Gasteiger partial charge in [0.2, 0.25) is 0 Å². The molecule has 2 aliphatic heterocycles. The van der Waals surface area contributed by atoms with Crippen molar-refractivity contribution in [2.24, 2.45) is 7.05 Å². The van der Waals surface area contributed by atoms with Crippen molar-refractivity contribution in [1.29, 1.82) is 0 Å². The number of rotatable bonds is 0. The van der Waals surface area contributed by atoms with Gasteiger partial charge in [-0.25, -0.2) is 0 Å². The van der Waals surface area contributed by atoms with Crippen LogP contribution < -0.4 is 4.90 Å². The Balaban J connectivity index is 1.98. The van der Waals surface area contributed by atoms with Gasteiger partial charge < -0.3 is 9.64 Å². The van der Waals surface area contributed by atoms with Crippen LogP contribution in [-0.2, 0) is 11.8 Å². The third-order valence-corrected chi connectivity index (χ3v) is 4.36. The molecule has 2 aliphatic rings. The number of fused-ring (bicyclic) bond motifs is 6. The van der Waals surface area contributed by atoms with E-state index in [0.29, 0.717) is 6.04 Å². The van der Waals surface area contributed by atoms with Crippen molar-refractivity contribution in [2.75, 3.05) is 24.7 Å². The molecule has 4 rings (SSSR count). The summed E-state index contributed by atoms with van der Waals surface area (Å²) < 4.78 is 8.66. The second-order valence-electron chi connectivity index (χ2n) is 5.05. The van der Waals surface area contributed by atoms with E-state index in [1.54, 1.807) is 0 Å². The molecule has 1 unspecified atom stereocenters. The van der Waals surface area contributed by atoms with Crippen LogP contribution in [0, 0.1) is 0 Å². The summed E-state index contributed by atoms with van der Waals surface area (Å²) in [5.41, 5.74) is 4.85. The third-order valence-electron chi connectivity index (χ3n) is 3.87. The van der Waals surface area contributed by atoms with Gasteiger partial charge in [0.05, 0.1) is 24.9 Å². The Morgan fingerprint density at radius 2 is 2.32 bits per heavy atom. The van der Waals surface area contributed by atoms with Gasteiger partial charge in [-0.05, 0) is 18.2 Å². The van der Waals surface area contributed by atoms with E-state index >= 15 is 0 Å². The lowest BCUT2D eigenvalue weighted by Gasteiger charge is -2.41. The molecule has 1 fully saturated rings. The zero-order valence-electron chi connectivity index (χ0n) is 10.6. The van der Waals surface area contributed by atoms with Crippen LogP contribution >= 0.6 is 15.9 Å². The van der Waals surface area contributed by atoms with Crippen LogP contribution in [0.4, 0.5) is 5.69 Å². The number of aromatic nitrogens is 2. The number of hydrogen-bond acceptors (Lipinski definition) is 3. The summed E-state index contributed by atoms with van der Waals surface area (Å²) in [6, 6.07) is 6.71. The van der Waals surface area contributed by atoms with Crippen molar-refractivity contribution in [1.82, 2.24) is 9.78 Å². The molecule has 1 saturated heterocycles. The number of ether oxygens (including phenoxy) is 1. The van der Waals surface area contributed by atoms with Gasteiger partial charge >= 0.3 is 0 Å². The minimum Gasteiger partial charge on any atom is -0.377 e.